The second-order valence-corrected chi connectivity index (χ2v) is 8.05. The van der Waals surface area contributed by atoms with Crippen LogP contribution in [0.25, 0.3) is 0 Å². The number of aryl methyl sites for hydroxylation is 1. The number of sulfone groups is 1. The predicted molar refractivity (Wildman–Crippen MR) is 87.3 cm³/mol. The van der Waals surface area contributed by atoms with Gasteiger partial charge in [0.15, 0.2) is 9.84 Å². The van der Waals surface area contributed by atoms with Crippen molar-refractivity contribution in [2.75, 3.05) is 6.54 Å². The van der Waals surface area contributed by atoms with Gasteiger partial charge < -0.3 is 11.5 Å². The molecule has 0 aromatic heterocycles. The number of hydrogen-bond donors (Lipinski definition) is 2. The molecule has 4 nitrogen and oxygen atoms in total. The third-order valence-corrected chi connectivity index (χ3v) is 6.81. The molecule has 0 saturated heterocycles. The van der Waals surface area contributed by atoms with E-state index in [-0.39, 0.29) is 12.5 Å². The molecule has 1 fully saturated rings. The summed E-state index contributed by atoms with van der Waals surface area (Å²) < 4.78 is 25.8. The van der Waals surface area contributed by atoms with Crippen LogP contribution in [0.2, 0.25) is 0 Å². The van der Waals surface area contributed by atoms with Crippen LogP contribution in [0.4, 0.5) is 0 Å². The van der Waals surface area contributed by atoms with Crippen LogP contribution in [0.1, 0.15) is 17.0 Å². The van der Waals surface area contributed by atoms with E-state index in [1.54, 1.807) is 30.3 Å². The Labute approximate surface area is 131 Å². The molecule has 1 aliphatic rings. The van der Waals surface area contributed by atoms with Crippen molar-refractivity contribution in [1.29, 1.82) is 0 Å². The van der Waals surface area contributed by atoms with Gasteiger partial charge in [-0.05, 0) is 24.6 Å². The minimum absolute atomic E-state index is 0.141. The van der Waals surface area contributed by atoms with Gasteiger partial charge in [0, 0.05) is 12.5 Å². The van der Waals surface area contributed by atoms with Gasteiger partial charge in [-0.25, -0.2) is 8.42 Å². The van der Waals surface area contributed by atoms with E-state index in [0.717, 1.165) is 11.1 Å². The molecule has 5 heteroatoms. The fourth-order valence-corrected chi connectivity index (χ4v) is 5.49. The van der Waals surface area contributed by atoms with Gasteiger partial charge in [-0.15, -0.1) is 0 Å². The van der Waals surface area contributed by atoms with Gasteiger partial charge in [0.25, 0.3) is 0 Å². The Hall–Kier alpha value is -1.69. The minimum atomic E-state index is -3.50. The third kappa shape index (κ3) is 2.26. The highest BCUT2D eigenvalue weighted by Gasteiger charge is 2.68. The summed E-state index contributed by atoms with van der Waals surface area (Å²) >= 11 is 0. The molecule has 1 aliphatic carbocycles. The van der Waals surface area contributed by atoms with Gasteiger partial charge in [0.05, 0.1) is 15.7 Å². The van der Waals surface area contributed by atoms with Gasteiger partial charge in [0.2, 0.25) is 0 Å². The first-order chi connectivity index (χ1) is 10.4. The van der Waals surface area contributed by atoms with Gasteiger partial charge >= 0.3 is 0 Å². The molecule has 116 valence electrons. The molecule has 3 atom stereocenters. The highest BCUT2D eigenvalue weighted by atomic mass is 32.2. The van der Waals surface area contributed by atoms with Crippen molar-refractivity contribution in [3.63, 3.8) is 0 Å². The molecule has 3 rings (SSSR count). The Bertz CT molecular complexity index is 772. The zero-order valence-electron chi connectivity index (χ0n) is 12.4. The highest BCUT2D eigenvalue weighted by molar-refractivity contribution is 7.92. The maximum absolute atomic E-state index is 12.9. The molecule has 0 aliphatic heterocycles. The first-order valence-electron chi connectivity index (χ1n) is 7.26. The lowest BCUT2D eigenvalue weighted by molar-refractivity contribution is 0.586. The largest absolute Gasteiger partial charge is 0.329 e. The minimum Gasteiger partial charge on any atom is -0.329 e. The number of benzene rings is 2. The van der Waals surface area contributed by atoms with E-state index in [4.69, 9.17) is 11.5 Å². The number of nitrogens with two attached hydrogens (primary N) is 2. The van der Waals surface area contributed by atoms with Crippen LogP contribution in [-0.2, 0) is 9.84 Å². The second-order valence-electron chi connectivity index (χ2n) is 5.98. The zero-order chi connectivity index (χ0) is 16.0. The van der Waals surface area contributed by atoms with Crippen molar-refractivity contribution in [2.24, 2.45) is 11.5 Å². The molecule has 22 heavy (non-hydrogen) atoms. The van der Waals surface area contributed by atoms with Gasteiger partial charge in [-0.3, -0.25) is 0 Å². The highest BCUT2D eigenvalue weighted by Crippen LogP contribution is 2.55. The molecule has 4 N–H and O–H groups in total. The Balaban J connectivity index is 2.02. The topological polar surface area (TPSA) is 86.2 Å². The van der Waals surface area contributed by atoms with Crippen molar-refractivity contribution < 1.29 is 8.42 Å². The van der Waals surface area contributed by atoms with Crippen molar-refractivity contribution in [1.82, 2.24) is 0 Å². The summed E-state index contributed by atoms with van der Waals surface area (Å²) in [5.41, 5.74) is 13.3. The summed E-state index contributed by atoms with van der Waals surface area (Å²) in [6, 6.07) is 16.3. The smallest absolute Gasteiger partial charge is 0.183 e. The summed E-state index contributed by atoms with van der Waals surface area (Å²) in [6.07, 6.45) is 0. The fraction of sp³-hybridized carbons (Fsp3) is 0.294. The van der Waals surface area contributed by atoms with E-state index < -0.39 is 20.6 Å². The van der Waals surface area contributed by atoms with Gasteiger partial charge in [-0.1, -0.05) is 48.0 Å². The zero-order valence-corrected chi connectivity index (χ0v) is 13.3. The van der Waals surface area contributed by atoms with Crippen LogP contribution in [0.5, 0.6) is 0 Å². The van der Waals surface area contributed by atoms with Gasteiger partial charge in [0.1, 0.15) is 0 Å². The Morgan fingerprint density at radius 1 is 1.05 bits per heavy atom. The predicted octanol–water partition coefficient (Wildman–Crippen LogP) is 1.59. The SMILES string of the molecule is Cc1ccc([C@@H]2[C@@H](S(=O)(=O)c3ccccc3)[C@]2(N)CN)cc1. The quantitative estimate of drug-likeness (QED) is 0.897. The monoisotopic (exact) mass is 316 g/mol. The molecule has 0 radical (unpaired) electrons. The summed E-state index contributed by atoms with van der Waals surface area (Å²) in [4.78, 5) is 0.304. The van der Waals surface area contributed by atoms with Crippen LogP contribution in [0, 0.1) is 6.92 Å². The normalized spacial score (nSPS) is 27.6. The lowest BCUT2D eigenvalue weighted by atomic mass is 10.1. The van der Waals surface area contributed by atoms with Crippen LogP contribution in [0.15, 0.2) is 59.5 Å². The summed E-state index contributed by atoms with van der Waals surface area (Å²) in [6.45, 7) is 2.13. The lowest BCUT2D eigenvalue weighted by Gasteiger charge is -2.09. The average Bonchev–Trinajstić information content (AvgIpc) is 3.17. The van der Waals surface area contributed by atoms with E-state index in [2.05, 4.69) is 0 Å². The maximum atomic E-state index is 12.9. The Kier molecular flexibility index (Phi) is 3.59. The summed E-state index contributed by atoms with van der Waals surface area (Å²) in [5, 5.41) is -0.671. The lowest BCUT2D eigenvalue weighted by Crippen LogP contribution is -2.39. The van der Waals surface area contributed by atoms with E-state index in [9.17, 15) is 8.42 Å². The van der Waals surface area contributed by atoms with Crippen molar-refractivity contribution >= 4 is 9.84 Å². The number of hydrogen-bond acceptors (Lipinski definition) is 4. The van der Waals surface area contributed by atoms with Crippen molar-refractivity contribution in [3.05, 3.63) is 65.7 Å². The van der Waals surface area contributed by atoms with E-state index in [0.29, 0.717) is 4.90 Å². The van der Waals surface area contributed by atoms with Crippen LogP contribution < -0.4 is 11.5 Å². The molecule has 0 bridgehead atoms. The van der Waals surface area contributed by atoms with Crippen LogP contribution >= 0.6 is 0 Å². The molecular formula is C17H20N2O2S. The van der Waals surface area contributed by atoms with Crippen LogP contribution in [0.3, 0.4) is 0 Å². The summed E-state index contributed by atoms with van der Waals surface area (Å²) in [5.74, 6) is -0.261. The molecule has 0 amide bonds. The average molecular weight is 316 g/mol. The first kappa shape index (κ1) is 15.2. The molecule has 2 aromatic rings. The molecule has 0 heterocycles. The second kappa shape index (κ2) is 5.19. The molecular weight excluding hydrogens is 296 g/mol. The third-order valence-electron chi connectivity index (χ3n) is 4.50. The first-order valence-corrected chi connectivity index (χ1v) is 8.80. The fourth-order valence-electron chi connectivity index (χ4n) is 3.15. The van der Waals surface area contributed by atoms with Gasteiger partial charge in [-0.2, -0.15) is 0 Å². The summed E-state index contributed by atoms with van der Waals surface area (Å²) in [7, 11) is -3.50. The van der Waals surface area contributed by atoms with E-state index in [1.807, 2.05) is 31.2 Å². The molecule has 1 saturated carbocycles. The Morgan fingerprint density at radius 2 is 1.64 bits per heavy atom. The van der Waals surface area contributed by atoms with Crippen molar-refractivity contribution in [2.45, 2.75) is 28.5 Å². The molecule has 0 unspecified atom stereocenters. The standard InChI is InChI=1S/C17H20N2O2S/c1-12-7-9-13(10-8-12)15-16(17(15,19)11-18)22(20,21)14-5-3-2-4-6-14/h2-10,15-16H,11,18-19H2,1H3/t15-,16-,17+/m1/s1. The van der Waals surface area contributed by atoms with Crippen molar-refractivity contribution in [3.8, 4) is 0 Å². The molecule has 0 spiro atoms. The van der Waals surface area contributed by atoms with E-state index >= 15 is 0 Å². The van der Waals surface area contributed by atoms with Crippen LogP contribution in [-0.4, -0.2) is 25.8 Å². The molecule has 2 aromatic carbocycles. The number of rotatable bonds is 4. The Morgan fingerprint density at radius 3 is 2.18 bits per heavy atom. The maximum Gasteiger partial charge on any atom is 0.183 e. The van der Waals surface area contributed by atoms with E-state index in [1.165, 1.54) is 0 Å².